The van der Waals surface area contributed by atoms with Gasteiger partial charge >= 0.3 is 0 Å². The second kappa shape index (κ2) is 5.98. The smallest absolute Gasteiger partial charge is 0.273 e. The van der Waals surface area contributed by atoms with Gasteiger partial charge in [-0.25, -0.2) is 4.98 Å². The van der Waals surface area contributed by atoms with Crippen molar-refractivity contribution < 1.29 is 4.79 Å². The van der Waals surface area contributed by atoms with Crippen molar-refractivity contribution in [3.8, 4) is 0 Å². The second-order valence-corrected chi connectivity index (χ2v) is 6.82. The minimum Gasteiger partial charge on any atom is -0.337 e. The molecule has 0 radical (unpaired) electrons. The minimum absolute atomic E-state index is 0.0803. The van der Waals surface area contributed by atoms with E-state index < -0.39 is 0 Å². The molecule has 0 unspecified atom stereocenters. The molecule has 3 rings (SSSR count). The normalized spacial score (nSPS) is 18.8. The van der Waals surface area contributed by atoms with Crippen LogP contribution in [-0.2, 0) is 0 Å². The van der Waals surface area contributed by atoms with Crippen molar-refractivity contribution in [2.45, 2.75) is 32.6 Å². The number of likely N-dealkylation sites (tertiary alicyclic amines) is 1. The molecule has 3 nitrogen and oxygen atoms in total. The van der Waals surface area contributed by atoms with Gasteiger partial charge in [0.25, 0.3) is 5.91 Å². The number of aromatic nitrogens is 1. The average molecular weight is 300 g/mol. The maximum absolute atomic E-state index is 12.5. The topological polar surface area (TPSA) is 33.2 Å². The fourth-order valence-electron chi connectivity index (χ4n) is 2.98. The van der Waals surface area contributed by atoms with Gasteiger partial charge in [0, 0.05) is 24.4 Å². The van der Waals surface area contributed by atoms with Gasteiger partial charge in [-0.3, -0.25) is 4.79 Å². The quantitative estimate of drug-likeness (QED) is 0.845. The Kier molecular flexibility index (Phi) is 4.06. The van der Waals surface area contributed by atoms with Gasteiger partial charge in [0.2, 0.25) is 0 Å². The monoisotopic (exact) mass is 300 g/mol. The Hall–Kier alpha value is -1.68. The molecule has 0 aliphatic carbocycles. The summed E-state index contributed by atoms with van der Waals surface area (Å²) in [4.78, 5) is 18.8. The molecule has 1 fully saturated rings. The Bertz CT molecular complexity index is 650. The molecule has 110 valence electrons. The first-order valence-electron chi connectivity index (χ1n) is 7.41. The van der Waals surface area contributed by atoms with Gasteiger partial charge in [0.05, 0.1) is 5.01 Å². The van der Waals surface area contributed by atoms with Crippen molar-refractivity contribution in [1.29, 1.82) is 0 Å². The molecule has 1 aliphatic heterocycles. The van der Waals surface area contributed by atoms with Crippen molar-refractivity contribution in [3.63, 3.8) is 0 Å². The molecule has 1 aromatic heterocycles. The van der Waals surface area contributed by atoms with Gasteiger partial charge in [-0.05, 0) is 32.3 Å². The number of carbonyl (C=O) groups is 1. The molecule has 1 atom stereocenters. The summed E-state index contributed by atoms with van der Waals surface area (Å²) >= 11 is 1.54. The summed E-state index contributed by atoms with van der Waals surface area (Å²) in [6, 6.07) is 8.65. The minimum atomic E-state index is 0.0803. The first kappa shape index (κ1) is 14.3. The number of rotatable bonds is 2. The first-order chi connectivity index (χ1) is 10.1. The maximum atomic E-state index is 12.5. The predicted molar refractivity (Wildman–Crippen MR) is 85.9 cm³/mol. The van der Waals surface area contributed by atoms with Gasteiger partial charge in [-0.15, -0.1) is 11.3 Å². The summed E-state index contributed by atoms with van der Waals surface area (Å²) < 4.78 is 0. The van der Waals surface area contributed by atoms with E-state index in [0.29, 0.717) is 11.6 Å². The van der Waals surface area contributed by atoms with Crippen LogP contribution in [-0.4, -0.2) is 28.9 Å². The summed E-state index contributed by atoms with van der Waals surface area (Å²) in [5.74, 6) is 0.527. The van der Waals surface area contributed by atoms with E-state index >= 15 is 0 Å². The lowest BCUT2D eigenvalue weighted by atomic mass is 9.90. The molecular formula is C17H20N2OS. The number of benzene rings is 1. The van der Waals surface area contributed by atoms with Gasteiger partial charge in [0.1, 0.15) is 5.69 Å². The molecule has 21 heavy (non-hydrogen) atoms. The number of hydrogen-bond acceptors (Lipinski definition) is 3. The standard InChI is InChI=1S/C17H20N2OS/c1-12-5-3-6-14(9-12)15-7-4-8-19(10-15)17(20)16-11-21-13(2)18-16/h3,5-6,9,11,15H,4,7-8,10H2,1-2H3/t15-/m0/s1. The Labute approximate surface area is 129 Å². The number of piperidine rings is 1. The Morgan fingerprint density at radius 1 is 1.38 bits per heavy atom. The van der Waals surface area contributed by atoms with Crippen LogP contribution in [0.4, 0.5) is 0 Å². The number of hydrogen-bond donors (Lipinski definition) is 0. The number of carbonyl (C=O) groups excluding carboxylic acids is 1. The van der Waals surface area contributed by atoms with Crippen molar-refractivity contribution in [2.75, 3.05) is 13.1 Å². The second-order valence-electron chi connectivity index (χ2n) is 5.76. The molecule has 2 heterocycles. The Balaban J connectivity index is 1.75. The molecular weight excluding hydrogens is 280 g/mol. The molecule has 1 aromatic carbocycles. The van der Waals surface area contributed by atoms with Crippen LogP contribution in [0.25, 0.3) is 0 Å². The van der Waals surface area contributed by atoms with Crippen LogP contribution < -0.4 is 0 Å². The van der Waals surface area contributed by atoms with Crippen LogP contribution in [0, 0.1) is 13.8 Å². The van der Waals surface area contributed by atoms with E-state index in [0.717, 1.165) is 30.9 Å². The van der Waals surface area contributed by atoms with E-state index in [4.69, 9.17) is 0 Å². The average Bonchev–Trinajstić information content (AvgIpc) is 2.93. The van der Waals surface area contributed by atoms with Crippen LogP contribution in [0.2, 0.25) is 0 Å². The molecule has 0 spiro atoms. The van der Waals surface area contributed by atoms with Crippen LogP contribution in [0.1, 0.15) is 45.4 Å². The summed E-state index contributed by atoms with van der Waals surface area (Å²) in [7, 11) is 0. The van der Waals surface area contributed by atoms with Crippen LogP contribution in [0.3, 0.4) is 0 Å². The van der Waals surface area contributed by atoms with Crippen molar-refractivity contribution in [2.24, 2.45) is 0 Å². The van der Waals surface area contributed by atoms with E-state index in [2.05, 4.69) is 36.2 Å². The van der Waals surface area contributed by atoms with Gasteiger partial charge < -0.3 is 4.90 Å². The molecule has 0 saturated carbocycles. The number of thiazole rings is 1. The summed E-state index contributed by atoms with van der Waals surface area (Å²) in [6.45, 7) is 5.71. The van der Waals surface area contributed by atoms with Crippen molar-refractivity contribution >= 4 is 17.2 Å². The molecule has 2 aromatic rings. The van der Waals surface area contributed by atoms with Crippen LogP contribution in [0.5, 0.6) is 0 Å². The lowest BCUT2D eigenvalue weighted by Crippen LogP contribution is -2.39. The van der Waals surface area contributed by atoms with Gasteiger partial charge in [-0.1, -0.05) is 29.8 Å². The highest BCUT2D eigenvalue weighted by Crippen LogP contribution is 2.28. The summed E-state index contributed by atoms with van der Waals surface area (Å²) in [5, 5.41) is 2.82. The zero-order valence-corrected chi connectivity index (χ0v) is 13.3. The highest BCUT2D eigenvalue weighted by Gasteiger charge is 2.26. The highest BCUT2D eigenvalue weighted by atomic mass is 32.1. The number of amides is 1. The molecule has 1 saturated heterocycles. The Morgan fingerprint density at radius 3 is 2.95 bits per heavy atom. The molecule has 0 bridgehead atoms. The van der Waals surface area contributed by atoms with Crippen LogP contribution in [0.15, 0.2) is 29.6 Å². The van der Waals surface area contributed by atoms with E-state index in [1.54, 1.807) is 0 Å². The zero-order valence-electron chi connectivity index (χ0n) is 12.5. The maximum Gasteiger partial charge on any atom is 0.273 e. The van der Waals surface area contributed by atoms with Crippen molar-refractivity contribution in [1.82, 2.24) is 9.88 Å². The fourth-order valence-corrected chi connectivity index (χ4v) is 3.57. The van der Waals surface area contributed by atoms with Gasteiger partial charge in [-0.2, -0.15) is 0 Å². The summed E-state index contributed by atoms with van der Waals surface area (Å²) in [5.41, 5.74) is 3.23. The Morgan fingerprint density at radius 2 is 2.24 bits per heavy atom. The van der Waals surface area contributed by atoms with Gasteiger partial charge in [0.15, 0.2) is 0 Å². The summed E-state index contributed by atoms with van der Waals surface area (Å²) in [6.07, 6.45) is 2.22. The third kappa shape index (κ3) is 3.16. The third-order valence-corrected chi connectivity index (χ3v) is 4.83. The van der Waals surface area contributed by atoms with Crippen LogP contribution >= 0.6 is 11.3 Å². The largest absolute Gasteiger partial charge is 0.337 e. The molecule has 1 amide bonds. The lowest BCUT2D eigenvalue weighted by molar-refractivity contribution is 0.0702. The highest BCUT2D eigenvalue weighted by molar-refractivity contribution is 7.09. The molecule has 1 aliphatic rings. The van der Waals surface area contributed by atoms with E-state index in [-0.39, 0.29) is 5.91 Å². The first-order valence-corrected chi connectivity index (χ1v) is 8.29. The lowest BCUT2D eigenvalue weighted by Gasteiger charge is -2.32. The fraction of sp³-hybridized carbons (Fsp3) is 0.412. The van der Waals surface area contributed by atoms with Crippen molar-refractivity contribution in [3.05, 3.63) is 51.5 Å². The molecule has 4 heteroatoms. The number of nitrogens with zero attached hydrogens (tertiary/aromatic N) is 2. The predicted octanol–water partition coefficient (Wildman–Crippen LogP) is 3.78. The number of aryl methyl sites for hydroxylation is 2. The third-order valence-electron chi connectivity index (χ3n) is 4.06. The SMILES string of the molecule is Cc1cccc([C@H]2CCCN(C(=O)c3csc(C)n3)C2)c1. The van der Waals surface area contributed by atoms with E-state index in [1.807, 2.05) is 17.2 Å². The zero-order chi connectivity index (χ0) is 14.8. The van der Waals surface area contributed by atoms with E-state index in [9.17, 15) is 4.79 Å². The molecule has 0 N–H and O–H groups in total. The van der Waals surface area contributed by atoms with E-state index in [1.165, 1.54) is 22.5 Å².